The third-order valence-electron chi connectivity index (χ3n) is 2.53. The minimum Gasteiger partial charge on any atom is -0.392 e. The van der Waals surface area contributed by atoms with Gasteiger partial charge in [-0.15, -0.1) is 0 Å². The van der Waals surface area contributed by atoms with E-state index in [1.54, 1.807) is 0 Å². The molecule has 1 aromatic rings. The van der Waals surface area contributed by atoms with Gasteiger partial charge in [-0.25, -0.2) is 0 Å². The van der Waals surface area contributed by atoms with Crippen molar-refractivity contribution in [2.45, 2.75) is 33.4 Å². The van der Waals surface area contributed by atoms with Gasteiger partial charge in [0.25, 0.3) is 0 Å². The third-order valence-corrected chi connectivity index (χ3v) is 2.53. The van der Waals surface area contributed by atoms with Crippen molar-refractivity contribution in [2.75, 3.05) is 6.54 Å². The smallest absolute Gasteiger partial charge is 0.0687 e. The van der Waals surface area contributed by atoms with Crippen molar-refractivity contribution in [3.63, 3.8) is 0 Å². The zero-order valence-electron chi connectivity index (χ0n) is 9.99. The van der Waals surface area contributed by atoms with E-state index < -0.39 is 0 Å². The summed E-state index contributed by atoms with van der Waals surface area (Å²) in [5.41, 5.74) is 2.17. The van der Waals surface area contributed by atoms with E-state index in [-0.39, 0.29) is 6.10 Å². The molecule has 0 aliphatic rings. The van der Waals surface area contributed by atoms with Crippen molar-refractivity contribution in [3.05, 3.63) is 17.5 Å². The van der Waals surface area contributed by atoms with Crippen molar-refractivity contribution < 1.29 is 5.11 Å². The SMILES string of the molecule is Cc1cc(CNCC(O)C(C)C)n(C)n1. The highest BCUT2D eigenvalue weighted by Crippen LogP contribution is 2.02. The van der Waals surface area contributed by atoms with E-state index in [9.17, 15) is 5.11 Å². The molecule has 0 fully saturated rings. The first kappa shape index (κ1) is 12.2. The summed E-state index contributed by atoms with van der Waals surface area (Å²) in [6.07, 6.45) is -0.278. The molecule has 1 unspecified atom stereocenters. The van der Waals surface area contributed by atoms with Gasteiger partial charge in [0.2, 0.25) is 0 Å². The van der Waals surface area contributed by atoms with Crippen LogP contribution in [0.3, 0.4) is 0 Å². The number of aryl methyl sites for hydroxylation is 2. The van der Waals surface area contributed by atoms with E-state index in [0.29, 0.717) is 12.5 Å². The second-order valence-electron chi connectivity index (χ2n) is 4.34. The first-order valence-electron chi connectivity index (χ1n) is 5.39. The molecule has 0 aliphatic carbocycles. The fraction of sp³-hybridized carbons (Fsp3) is 0.727. The Bertz CT molecular complexity index is 307. The van der Waals surface area contributed by atoms with Crippen molar-refractivity contribution in [1.82, 2.24) is 15.1 Å². The molecule has 0 bridgehead atoms. The molecule has 0 radical (unpaired) electrons. The predicted molar refractivity (Wildman–Crippen MR) is 60.5 cm³/mol. The van der Waals surface area contributed by atoms with Gasteiger partial charge in [0.15, 0.2) is 0 Å². The van der Waals surface area contributed by atoms with Crippen LogP contribution in [-0.4, -0.2) is 27.5 Å². The van der Waals surface area contributed by atoms with Crippen molar-refractivity contribution >= 4 is 0 Å². The topological polar surface area (TPSA) is 50.1 Å². The van der Waals surface area contributed by atoms with Gasteiger partial charge in [-0.3, -0.25) is 4.68 Å². The minimum atomic E-state index is -0.278. The molecular formula is C11H21N3O. The Labute approximate surface area is 91.3 Å². The van der Waals surface area contributed by atoms with Crippen LogP contribution in [0, 0.1) is 12.8 Å². The zero-order chi connectivity index (χ0) is 11.4. The number of aliphatic hydroxyl groups is 1. The van der Waals surface area contributed by atoms with Crippen LogP contribution in [0.4, 0.5) is 0 Å². The summed E-state index contributed by atoms with van der Waals surface area (Å²) < 4.78 is 1.87. The number of hydrogen-bond acceptors (Lipinski definition) is 3. The Morgan fingerprint density at radius 2 is 2.20 bits per heavy atom. The van der Waals surface area contributed by atoms with Gasteiger partial charge in [0.1, 0.15) is 0 Å². The second kappa shape index (κ2) is 5.28. The lowest BCUT2D eigenvalue weighted by atomic mass is 10.1. The van der Waals surface area contributed by atoms with Gasteiger partial charge in [-0.1, -0.05) is 13.8 Å². The Morgan fingerprint density at radius 3 is 2.67 bits per heavy atom. The van der Waals surface area contributed by atoms with E-state index in [1.165, 1.54) is 0 Å². The summed E-state index contributed by atoms with van der Waals surface area (Å²) in [6, 6.07) is 2.05. The fourth-order valence-corrected chi connectivity index (χ4v) is 1.41. The van der Waals surface area contributed by atoms with Gasteiger partial charge < -0.3 is 10.4 Å². The average Bonchev–Trinajstić information content (AvgIpc) is 2.45. The van der Waals surface area contributed by atoms with Crippen LogP contribution in [0.2, 0.25) is 0 Å². The Hall–Kier alpha value is -0.870. The van der Waals surface area contributed by atoms with Gasteiger partial charge in [0.05, 0.1) is 17.5 Å². The first-order chi connectivity index (χ1) is 7.00. The summed E-state index contributed by atoms with van der Waals surface area (Å²) in [5, 5.41) is 17.1. The normalized spacial score (nSPS) is 13.5. The summed E-state index contributed by atoms with van der Waals surface area (Å²) in [4.78, 5) is 0. The van der Waals surface area contributed by atoms with Gasteiger partial charge in [-0.2, -0.15) is 5.10 Å². The molecule has 0 aliphatic heterocycles. The molecule has 1 aromatic heterocycles. The summed E-state index contributed by atoms with van der Waals surface area (Å²) >= 11 is 0. The summed E-state index contributed by atoms with van der Waals surface area (Å²) in [5.74, 6) is 0.297. The summed E-state index contributed by atoms with van der Waals surface area (Å²) in [6.45, 7) is 7.39. The second-order valence-corrected chi connectivity index (χ2v) is 4.34. The molecule has 0 spiro atoms. The maximum absolute atomic E-state index is 9.59. The highest BCUT2D eigenvalue weighted by molar-refractivity contribution is 5.08. The molecule has 0 amide bonds. The van der Waals surface area contributed by atoms with E-state index >= 15 is 0 Å². The lowest BCUT2D eigenvalue weighted by Gasteiger charge is -2.14. The van der Waals surface area contributed by atoms with Crippen molar-refractivity contribution in [2.24, 2.45) is 13.0 Å². The average molecular weight is 211 g/mol. The minimum absolute atomic E-state index is 0.278. The van der Waals surface area contributed by atoms with Crippen LogP contribution in [-0.2, 0) is 13.6 Å². The molecule has 2 N–H and O–H groups in total. The Balaban J connectivity index is 2.35. The van der Waals surface area contributed by atoms with Crippen LogP contribution < -0.4 is 5.32 Å². The van der Waals surface area contributed by atoms with Crippen molar-refractivity contribution in [1.29, 1.82) is 0 Å². The fourth-order valence-electron chi connectivity index (χ4n) is 1.41. The van der Waals surface area contributed by atoms with Crippen LogP contribution >= 0.6 is 0 Å². The molecule has 86 valence electrons. The molecule has 0 saturated heterocycles. The Kier molecular flexibility index (Phi) is 4.29. The monoisotopic (exact) mass is 211 g/mol. The lowest BCUT2D eigenvalue weighted by Crippen LogP contribution is -2.30. The molecule has 1 rings (SSSR count). The van der Waals surface area contributed by atoms with Crippen molar-refractivity contribution in [3.8, 4) is 0 Å². The van der Waals surface area contributed by atoms with Crippen LogP contribution in [0.1, 0.15) is 25.2 Å². The molecule has 1 atom stereocenters. The molecule has 1 heterocycles. The molecular weight excluding hydrogens is 190 g/mol. The third kappa shape index (κ3) is 3.64. The van der Waals surface area contributed by atoms with Gasteiger partial charge in [0, 0.05) is 20.1 Å². The first-order valence-corrected chi connectivity index (χ1v) is 5.39. The standard InChI is InChI=1S/C11H21N3O/c1-8(2)11(15)7-12-6-10-5-9(3)13-14(10)4/h5,8,11-12,15H,6-7H2,1-4H3. The Morgan fingerprint density at radius 1 is 1.53 bits per heavy atom. The molecule has 15 heavy (non-hydrogen) atoms. The molecule has 4 nitrogen and oxygen atoms in total. The quantitative estimate of drug-likeness (QED) is 0.758. The lowest BCUT2D eigenvalue weighted by molar-refractivity contribution is 0.123. The summed E-state index contributed by atoms with van der Waals surface area (Å²) in [7, 11) is 1.93. The maximum atomic E-state index is 9.59. The molecule has 0 aromatic carbocycles. The van der Waals surface area contributed by atoms with Crippen LogP contribution in [0.25, 0.3) is 0 Å². The van der Waals surface area contributed by atoms with E-state index in [4.69, 9.17) is 0 Å². The largest absolute Gasteiger partial charge is 0.392 e. The van der Waals surface area contributed by atoms with Crippen LogP contribution in [0.15, 0.2) is 6.07 Å². The van der Waals surface area contributed by atoms with E-state index in [0.717, 1.165) is 17.9 Å². The number of hydrogen-bond donors (Lipinski definition) is 2. The number of rotatable bonds is 5. The van der Waals surface area contributed by atoms with E-state index in [2.05, 4.69) is 16.5 Å². The molecule has 4 heteroatoms. The number of aliphatic hydroxyl groups excluding tert-OH is 1. The van der Waals surface area contributed by atoms with E-state index in [1.807, 2.05) is 32.5 Å². The predicted octanol–water partition coefficient (Wildman–Crippen LogP) is 0.835. The zero-order valence-corrected chi connectivity index (χ0v) is 9.99. The van der Waals surface area contributed by atoms with Gasteiger partial charge >= 0.3 is 0 Å². The number of nitrogens with zero attached hydrogens (tertiary/aromatic N) is 2. The van der Waals surface area contributed by atoms with Gasteiger partial charge in [-0.05, 0) is 18.9 Å². The maximum Gasteiger partial charge on any atom is 0.0687 e. The highest BCUT2D eigenvalue weighted by Gasteiger charge is 2.08. The molecule has 0 saturated carbocycles. The number of nitrogens with one attached hydrogen (secondary N) is 1. The highest BCUT2D eigenvalue weighted by atomic mass is 16.3. The van der Waals surface area contributed by atoms with Crippen LogP contribution in [0.5, 0.6) is 0 Å². The number of aromatic nitrogens is 2.